The molecule has 0 saturated carbocycles. The van der Waals surface area contributed by atoms with Crippen LogP contribution in [0.15, 0.2) is 36.7 Å². The minimum atomic E-state index is 0.0291. The molecule has 3 heteroatoms. The summed E-state index contributed by atoms with van der Waals surface area (Å²) < 4.78 is 0. The minimum Gasteiger partial charge on any atom is -0.392 e. The van der Waals surface area contributed by atoms with Crippen LogP contribution in [0.25, 0.3) is 11.4 Å². The van der Waals surface area contributed by atoms with Crippen LogP contribution >= 0.6 is 0 Å². The van der Waals surface area contributed by atoms with Crippen LogP contribution in [0.4, 0.5) is 0 Å². The Morgan fingerprint density at radius 2 is 1.73 bits per heavy atom. The molecule has 0 aliphatic carbocycles. The van der Waals surface area contributed by atoms with Gasteiger partial charge in [-0.15, -0.1) is 0 Å². The van der Waals surface area contributed by atoms with Gasteiger partial charge < -0.3 is 5.11 Å². The maximum atomic E-state index is 9.02. The predicted molar refractivity (Wildman–Crippen MR) is 58.1 cm³/mol. The molecule has 0 amide bonds. The van der Waals surface area contributed by atoms with Crippen LogP contribution in [0.2, 0.25) is 0 Å². The molecule has 0 atom stereocenters. The summed E-state index contributed by atoms with van der Waals surface area (Å²) >= 11 is 0. The zero-order chi connectivity index (χ0) is 10.7. The van der Waals surface area contributed by atoms with E-state index in [0.717, 1.165) is 22.5 Å². The lowest BCUT2D eigenvalue weighted by Gasteiger charge is -2.02. The van der Waals surface area contributed by atoms with Crippen molar-refractivity contribution in [2.45, 2.75) is 13.5 Å². The highest BCUT2D eigenvalue weighted by Crippen LogP contribution is 2.16. The number of aryl methyl sites for hydroxylation is 1. The summed E-state index contributed by atoms with van der Waals surface area (Å²) in [6.07, 6.45) is 3.45. The van der Waals surface area contributed by atoms with E-state index in [1.165, 1.54) is 0 Å². The zero-order valence-corrected chi connectivity index (χ0v) is 8.51. The third kappa shape index (κ3) is 2.19. The molecule has 2 aromatic rings. The van der Waals surface area contributed by atoms with Crippen molar-refractivity contribution in [3.05, 3.63) is 47.8 Å². The molecular formula is C12H12N2O. The van der Waals surface area contributed by atoms with Crippen molar-refractivity contribution in [2.75, 3.05) is 0 Å². The number of nitrogens with zero attached hydrogens (tertiary/aromatic N) is 2. The average Bonchev–Trinajstić information content (AvgIpc) is 2.29. The van der Waals surface area contributed by atoms with Crippen molar-refractivity contribution >= 4 is 0 Å². The number of rotatable bonds is 2. The smallest absolute Gasteiger partial charge is 0.0889 e. The van der Waals surface area contributed by atoms with Gasteiger partial charge in [0.25, 0.3) is 0 Å². The van der Waals surface area contributed by atoms with Gasteiger partial charge in [-0.3, -0.25) is 9.97 Å². The van der Waals surface area contributed by atoms with Crippen LogP contribution in [0, 0.1) is 6.92 Å². The van der Waals surface area contributed by atoms with E-state index in [2.05, 4.69) is 9.97 Å². The molecule has 15 heavy (non-hydrogen) atoms. The molecule has 0 aromatic carbocycles. The first kappa shape index (κ1) is 9.80. The molecule has 2 rings (SSSR count). The van der Waals surface area contributed by atoms with Gasteiger partial charge in [-0.1, -0.05) is 0 Å². The monoisotopic (exact) mass is 200 g/mol. The second kappa shape index (κ2) is 4.19. The van der Waals surface area contributed by atoms with Gasteiger partial charge in [-0.25, -0.2) is 0 Å². The van der Waals surface area contributed by atoms with E-state index in [1.807, 2.05) is 25.1 Å². The van der Waals surface area contributed by atoms with Crippen LogP contribution < -0.4 is 0 Å². The van der Waals surface area contributed by atoms with Gasteiger partial charge in [0.15, 0.2) is 0 Å². The van der Waals surface area contributed by atoms with Crippen molar-refractivity contribution in [1.29, 1.82) is 0 Å². The van der Waals surface area contributed by atoms with E-state index in [9.17, 15) is 0 Å². The van der Waals surface area contributed by atoms with Gasteiger partial charge >= 0.3 is 0 Å². The van der Waals surface area contributed by atoms with Crippen molar-refractivity contribution in [2.24, 2.45) is 0 Å². The van der Waals surface area contributed by atoms with Crippen molar-refractivity contribution in [1.82, 2.24) is 9.97 Å². The molecule has 0 fully saturated rings. The Labute approximate surface area is 88.5 Å². The maximum absolute atomic E-state index is 9.02. The number of hydrogen-bond donors (Lipinski definition) is 1. The molecule has 0 aliphatic heterocycles. The number of aromatic nitrogens is 2. The SMILES string of the molecule is Cc1ccnc(-c2cc(CO)ccn2)c1. The molecule has 3 nitrogen and oxygen atoms in total. The van der Waals surface area contributed by atoms with Gasteiger partial charge in [0.2, 0.25) is 0 Å². The predicted octanol–water partition coefficient (Wildman–Crippen LogP) is 1.94. The summed E-state index contributed by atoms with van der Waals surface area (Å²) in [4.78, 5) is 8.47. The van der Waals surface area contributed by atoms with Crippen molar-refractivity contribution < 1.29 is 5.11 Å². The number of aliphatic hydroxyl groups is 1. The fourth-order valence-electron chi connectivity index (χ4n) is 1.39. The summed E-state index contributed by atoms with van der Waals surface area (Å²) in [7, 11) is 0. The zero-order valence-electron chi connectivity index (χ0n) is 8.51. The van der Waals surface area contributed by atoms with Gasteiger partial charge in [0.1, 0.15) is 0 Å². The summed E-state index contributed by atoms with van der Waals surface area (Å²) in [6.45, 7) is 2.04. The quantitative estimate of drug-likeness (QED) is 0.805. The fraction of sp³-hybridized carbons (Fsp3) is 0.167. The molecule has 0 saturated heterocycles. The molecule has 0 bridgehead atoms. The molecule has 0 spiro atoms. The maximum Gasteiger partial charge on any atom is 0.0889 e. The number of aliphatic hydroxyl groups excluding tert-OH is 1. The first-order valence-corrected chi connectivity index (χ1v) is 4.78. The third-order valence-corrected chi connectivity index (χ3v) is 2.18. The van der Waals surface area contributed by atoms with E-state index >= 15 is 0 Å². The van der Waals surface area contributed by atoms with Gasteiger partial charge in [0, 0.05) is 12.4 Å². The Morgan fingerprint density at radius 3 is 2.40 bits per heavy atom. The second-order valence-corrected chi connectivity index (χ2v) is 3.43. The first-order valence-electron chi connectivity index (χ1n) is 4.78. The second-order valence-electron chi connectivity index (χ2n) is 3.43. The van der Waals surface area contributed by atoms with E-state index < -0.39 is 0 Å². The Kier molecular flexibility index (Phi) is 2.74. The summed E-state index contributed by atoms with van der Waals surface area (Å²) in [5.41, 5.74) is 3.63. The number of hydrogen-bond acceptors (Lipinski definition) is 3. The normalized spacial score (nSPS) is 10.3. The lowest BCUT2D eigenvalue weighted by atomic mass is 10.1. The van der Waals surface area contributed by atoms with Crippen LogP contribution in [-0.4, -0.2) is 15.1 Å². The highest BCUT2D eigenvalue weighted by atomic mass is 16.3. The lowest BCUT2D eigenvalue weighted by Crippen LogP contribution is -1.90. The third-order valence-electron chi connectivity index (χ3n) is 2.18. The van der Waals surface area contributed by atoms with Crippen LogP contribution in [-0.2, 0) is 6.61 Å². The highest BCUT2D eigenvalue weighted by molar-refractivity contribution is 5.55. The minimum absolute atomic E-state index is 0.0291. The van der Waals surface area contributed by atoms with Crippen molar-refractivity contribution in [3.63, 3.8) is 0 Å². The molecular weight excluding hydrogens is 188 g/mol. The van der Waals surface area contributed by atoms with E-state index in [0.29, 0.717) is 0 Å². The molecule has 0 aliphatic rings. The Balaban J connectivity index is 2.44. The van der Waals surface area contributed by atoms with Crippen LogP contribution in [0.3, 0.4) is 0 Å². The molecule has 0 radical (unpaired) electrons. The van der Waals surface area contributed by atoms with E-state index in [4.69, 9.17) is 5.11 Å². The Bertz CT molecular complexity index is 469. The summed E-state index contributed by atoms with van der Waals surface area (Å²) in [6, 6.07) is 7.56. The summed E-state index contributed by atoms with van der Waals surface area (Å²) in [5.74, 6) is 0. The van der Waals surface area contributed by atoms with Crippen LogP contribution in [0.5, 0.6) is 0 Å². The van der Waals surface area contributed by atoms with Crippen LogP contribution in [0.1, 0.15) is 11.1 Å². The first-order chi connectivity index (χ1) is 7.29. The van der Waals surface area contributed by atoms with Gasteiger partial charge in [-0.05, 0) is 42.3 Å². The molecule has 0 unspecified atom stereocenters. The fourth-order valence-corrected chi connectivity index (χ4v) is 1.39. The molecule has 2 heterocycles. The molecule has 1 N–H and O–H groups in total. The van der Waals surface area contributed by atoms with Crippen molar-refractivity contribution in [3.8, 4) is 11.4 Å². The van der Waals surface area contributed by atoms with Gasteiger partial charge in [0.05, 0.1) is 18.0 Å². The lowest BCUT2D eigenvalue weighted by molar-refractivity contribution is 0.282. The highest BCUT2D eigenvalue weighted by Gasteiger charge is 2.01. The van der Waals surface area contributed by atoms with Gasteiger partial charge in [-0.2, -0.15) is 0 Å². The Hall–Kier alpha value is -1.74. The molecule has 2 aromatic heterocycles. The summed E-state index contributed by atoms with van der Waals surface area (Å²) in [5, 5.41) is 9.02. The van der Waals surface area contributed by atoms with E-state index in [1.54, 1.807) is 18.5 Å². The standard InChI is InChI=1S/C12H12N2O/c1-9-2-4-13-11(6-9)12-7-10(8-15)3-5-14-12/h2-7,15H,8H2,1H3. The topological polar surface area (TPSA) is 46.0 Å². The Morgan fingerprint density at radius 1 is 1.07 bits per heavy atom. The number of pyridine rings is 2. The average molecular weight is 200 g/mol. The van der Waals surface area contributed by atoms with E-state index in [-0.39, 0.29) is 6.61 Å². The largest absolute Gasteiger partial charge is 0.392 e. The molecule has 76 valence electrons.